The zero-order valence-corrected chi connectivity index (χ0v) is 14.2. The first kappa shape index (κ1) is 17.5. The van der Waals surface area contributed by atoms with Crippen LogP contribution in [0.4, 0.5) is 11.4 Å². The summed E-state index contributed by atoms with van der Waals surface area (Å²) in [5.74, 6) is 0.656. The molecule has 126 valence electrons. The lowest BCUT2D eigenvalue weighted by Crippen LogP contribution is -2.22. The van der Waals surface area contributed by atoms with Crippen LogP contribution in [0.5, 0.6) is 5.75 Å². The standard InChI is InChI=1S/C19H22N2O3/c1-4-24-18-11-7-16(8-12-18)20-19(23)13-15-5-9-17(10-6-15)21(3)14(2)22/h5-12H,4,13H2,1-3H3,(H,20,23). The van der Waals surface area contributed by atoms with Crippen LogP contribution in [0.1, 0.15) is 19.4 Å². The fourth-order valence-electron chi connectivity index (χ4n) is 2.21. The number of ether oxygens (including phenoxy) is 1. The van der Waals surface area contributed by atoms with E-state index >= 15 is 0 Å². The molecule has 0 aromatic heterocycles. The minimum atomic E-state index is -0.0909. The van der Waals surface area contributed by atoms with Gasteiger partial charge in [-0.3, -0.25) is 9.59 Å². The van der Waals surface area contributed by atoms with E-state index in [1.165, 1.54) is 6.92 Å². The molecular formula is C19H22N2O3. The highest BCUT2D eigenvalue weighted by Gasteiger charge is 2.07. The Hall–Kier alpha value is -2.82. The van der Waals surface area contributed by atoms with Crippen molar-refractivity contribution < 1.29 is 14.3 Å². The van der Waals surface area contributed by atoms with Crippen molar-refractivity contribution in [2.45, 2.75) is 20.3 Å². The van der Waals surface area contributed by atoms with Crippen LogP contribution < -0.4 is 15.0 Å². The predicted octanol–water partition coefficient (Wildman–Crippen LogP) is 3.25. The maximum absolute atomic E-state index is 12.1. The van der Waals surface area contributed by atoms with E-state index in [2.05, 4.69) is 5.32 Å². The van der Waals surface area contributed by atoms with Gasteiger partial charge in [-0.25, -0.2) is 0 Å². The molecule has 0 unspecified atom stereocenters. The molecule has 0 bridgehead atoms. The molecule has 0 aliphatic carbocycles. The first-order valence-electron chi connectivity index (χ1n) is 7.85. The van der Waals surface area contributed by atoms with E-state index in [9.17, 15) is 9.59 Å². The molecule has 0 heterocycles. The molecule has 0 atom stereocenters. The van der Waals surface area contributed by atoms with Crippen LogP contribution in [0, 0.1) is 0 Å². The van der Waals surface area contributed by atoms with E-state index in [-0.39, 0.29) is 18.2 Å². The molecule has 0 radical (unpaired) electrons. The SMILES string of the molecule is CCOc1ccc(NC(=O)Cc2ccc(N(C)C(C)=O)cc2)cc1. The highest BCUT2D eigenvalue weighted by atomic mass is 16.5. The minimum absolute atomic E-state index is 0.0315. The molecular weight excluding hydrogens is 304 g/mol. The Bertz CT molecular complexity index is 694. The maximum atomic E-state index is 12.1. The van der Waals surface area contributed by atoms with Gasteiger partial charge in [-0.2, -0.15) is 0 Å². The van der Waals surface area contributed by atoms with Crippen LogP contribution in [-0.2, 0) is 16.0 Å². The zero-order valence-electron chi connectivity index (χ0n) is 14.2. The van der Waals surface area contributed by atoms with Crippen LogP contribution in [-0.4, -0.2) is 25.5 Å². The first-order valence-corrected chi connectivity index (χ1v) is 7.85. The lowest BCUT2D eigenvalue weighted by Gasteiger charge is -2.15. The number of hydrogen-bond donors (Lipinski definition) is 1. The molecule has 2 aromatic carbocycles. The third-order valence-corrected chi connectivity index (χ3v) is 3.61. The summed E-state index contributed by atoms with van der Waals surface area (Å²) in [6, 6.07) is 14.7. The maximum Gasteiger partial charge on any atom is 0.228 e. The summed E-state index contributed by atoms with van der Waals surface area (Å²) >= 11 is 0. The first-order chi connectivity index (χ1) is 11.5. The summed E-state index contributed by atoms with van der Waals surface area (Å²) in [5.41, 5.74) is 2.42. The van der Waals surface area contributed by atoms with E-state index in [1.807, 2.05) is 55.5 Å². The van der Waals surface area contributed by atoms with Crippen molar-refractivity contribution in [3.63, 3.8) is 0 Å². The number of rotatable bonds is 6. The molecule has 0 spiro atoms. The van der Waals surface area contributed by atoms with Gasteiger partial charge in [-0.1, -0.05) is 12.1 Å². The van der Waals surface area contributed by atoms with E-state index in [0.29, 0.717) is 6.61 Å². The number of carbonyl (C=O) groups excluding carboxylic acids is 2. The molecule has 5 nitrogen and oxygen atoms in total. The highest BCUT2D eigenvalue weighted by molar-refractivity contribution is 5.93. The normalized spacial score (nSPS) is 10.1. The van der Waals surface area contributed by atoms with Gasteiger partial charge in [0.2, 0.25) is 11.8 Å². The van der Waals surface area contributed by atoms with Gasteiger partial charge < -0.3 is 15.0 Å². The van der Waals surface area contributed by atoms with E-state index < -0.39 is 0 Å². The third-order valence-electron chi connectivity index (χ3n) is 3.61. The van der Waals surface area contributed by atoms with Gasteiger partial charge in [0, 0.05) is 25.3 Å². The number of carbonyl (C=O) groups is 2. The Morgan fingerprint density at radius 2 is 1.67 bits per heavy atom. The van der Waals surface area contributed by atoms with Crippen LogP contribution in [0.3, 0.4) is 0 Å². The quantitative estimate of drug-likeness (QED) is 0.886. The Balaban J connectivity index is 1.93. The van der Waals surface area contributed by atoms with E-state index in [4.69, 9.17) is 4.74 Å². The summed E-state index contributed by atoms with van der Waals surface area (Å²) < 4.78 is 5.37. The molecule has 5 heteroatoms. The Morgan fingerprint density at radius 1 is 1.04 bits per heavy atom. The molecule has 0 aliphatic heterocycles. The van der Waals surface area contributed by atoms with Gasteiger partial charge in [0.15, 0.2) is 0 Å². The van der Waals surface area contributed by atoms with Gasteiger partial charge >= 0.3 is 0 Å². The topological polar surface area (TPSA) is 58.6 Å². The average molecular weight is 326 g/mol. The number of nitrogens with zero attached hydrogens (tertiary/aromatic N) is 1. The zero-order chi connectivity index (χ0) is 17.5. The van der Waals surface area contributed by atoms with Crippen molar-refractivity contribution in [1.29, 1.82) is 0 Å². The lowest BCUT2D eigenvalue weighted by atomic mass is 10.1. The van der Waals surface area contributed by atoms with Crippen LogP contribution in [0.25, 0.3) is 0 Å². The largest absolute Gasteiger partial charge is 0.494 e. The summed E-state index contributed by atoms with van der Waals surface area (Å²) in [7, 11) is 1.72. The second kappa shape index (κ2) is 8.15. The molecule has 0 aliphatic rings. The third kappa shape index (κ3) is 4.84. The monoisotopic (exact) mass is 326 g/mol. The average Bonchev–Trinajstić information content (AvgIpc) is 2.57. The smallest absolute Gasteiger partial charge is 0.228 e. The highest BCUT2D eigenvalue weighted by Crippen LogP contribution is 2.17. The summed E-state index contributed by atoms with van der Waals surface area (Å²) in [6.45, 7) is 4.05. The number of nitrogens with one attached hydrogen (secondary N) is 1. The van der Waals surface area contributed by atoms with Crippen LogP contribution >= 0.6 is 0 Å². The molecule has 2 aromatic rings. The molecule has 2 rings (SSSR count). The Morgan fingerprint density at radius 3 is 2.21 bits per heavy atom. The van der Waals surface area contributed by atoms with Crippen molar-refractivity contribution in [2.24, 2.45) is 0 Å². The lowest BCUT2D eigenvalue weighted by molar-refractivity contribution is -0.116. The van der Waals surface area contributed by atoms with Gasteiger partial charge in [0.05, 0.1) is 13.0 Å². The van der Waals surface area contributed by atoms with Gasteiger partial charge in [-0.15, -0.1) is 0 Å². The van der Waals surface area contributed by atoms with Crippen LogP contribution in [0.15, 0.2) is 48.5 Å². The van der Waals surface area contributed by atoms with E-state index in [1.54, 1.807) is 11.9 Å². The summed E-state index contributed by atoms with van der Waals surface area (Å²) in [6.07, 6.45) is 0.275. The van der Waals surface area contributed by atoms with Crippen molar-refractivity contribution in [1.82, 2.24) is 0 Å². The second-order valence-electron chi connectivity index (χ2n) is 5.43. The fraction of sp³-hybridized carbons (Fsp3) is 0.263. The Labute approximate surface area is 142 Å². The molecule has 1 N–H and O–H groups in total. The van der Waals surface area contributed by atoms with Crippen molar-refractivity contribution in [3.05, 3.63) is 54.1 Å². The number of amides is 2. The molecule has 24 heavy (non-hydrogen) atoms. The molecule has 0 saturated carbocycles. The van der Waals surface area contributed by atoms with Crippen molar-refractivity contribution >= 4 is 23.2 Å². The molecule has 0 fully saturated rings. The molecule has 0 saturated heterocycles. The summed E-state index contributed by atoms with van der Waals surface area (Å²) in [5, 5.41) is 2.86. The fourth-order valence-corrected chi connectivity index (χ4v) is 2.21. The van der Waals surface area contributed by atoms with Crippen molar-refractivity contribution in [2.75, 3.05) is 23.9 Å². The second-order valence-corrected chi connectivity index (χ2v) is 5.43. The van der Waals surface area contributed by atoms with Gasteiger partial charge in [0.25, 0.3) is 0 Å². The van der Waals surface area contributed by atoms with Gasteiger partial charge in [0.1, 0.15) is 5.75 Å². The molecule has 2 amide bonds. The number of anilines is 2. The number of hydrogen-bond acceptors (Lipinski definition) is 3. The Kier molecular flexibility index (Phi) is 5.95. The van der Waals surface area contributed by atoms with E-state index in [0.717, 1.165) is 22.7 Å². The summed E-state index contributed by atoms with van der Waals surface area (Å²) in [4.78, 5) is 25.0. The predicted molar refractivity (Wildman–Crippen MR) is 95.5 cm³/mol. The minimum Gasteiger partial charge on any atom is -0.494 e. The number of benzene rings is 2. The van der Waals surface area contributed by atoms with Crippen molar-refractivity contribution in [3.8, 4) is 5.75 Å². The van der Waals surface area contributed by atoms with Crippen LogP contribution in [0.2, 0.25) is 0 Å². The van der Waals surface area contributed by atoms with Gasteiger partial charge in [-0.05, 0) is 48.9 Å².